The number of carbonyl (C=O) groups excluding carboxylic acids is 1. The molecule has 7 nitrogen and oxygen atoms in total. The van der Waals surface area contributed by atoms with Crippen molar-refractivity contribution in [2.75, 3.05) is 17.5 Å². The summed E-state index contributed by atoms with van der Waals surface area (Å²) in [5, 5.41) is 4.50. The Morgan fingerprint density at radius 1 is 1.03 bits per heavy atom. The first-order valence-corrected chi connectivity index (χ1v) is 12.0. The number of aryl methyl sites for hydroxylation is 1. The first kappa shape index (κ1) is 24.3. The predicted octanol–water partition coefficient (Wildman–Crippen LogP) is 4.39. The van der Waals surface area contributed by atoms with Crippen LogP contribution in [0.2, 0.25) is 5.02 Å². The molecule has 3 aromatic carbocycles. The van der Waals surface area contributed by atoms with Gasteiger partial charge in [0.25, 0.3) is 15.9 Å². The van der Waals surface area contributed by atoms with Gasteiger partial charge in [0.15, 0.2) is 0 Å². The number of carbonyl (C=O) groups is 1. The van der Waals surface area contributed by atoms with Gasteiger partial charge in [-0.2, -0.15) is 5.10 Å². The standard InChI is InChI=1S/C24H24ClN3O4S/c1-3-32-22-12-10-21(11-13-22)28(33(30,31)23-14-4-18(2)5-15-23)17-24(29)27-26-16-19-6-8-20(25)9-7-19/h4-16H,3,17H2,1-2H3,(H,27,29)/b26-16-. The molecule has 0 fully saturated rings. The van der Waals surface area contributed by atoms with Gasteiger partial charge in [-0.25, -0.2) is 13.8 Å². The summed E-state index contributed by atoms with van der Waals surface area (Å²) in [5.41, 5.74) is 4.37. The summed E-state index contributed by atoms with van der Waals surface area (Å²) in [6.45, 7) is 3.75. The molecule has 0 aromatic heterocycles. The minimum atomic E-state index is -4.01. The lowest BCUT2D eigenvalue weighted by Gasteiger charge is -2.24. The fraction of sp³-hybridized carbons (Fsp3) is 0.167. The molecule has 0 saturated heterocycles. The van der Waals surface area contributed by atoms with E-state index in [1.165, 1.54) is 18.3 Å². The Labute approximate surface area is 198 Å². The molecular formula is C24H24ClN3O4S. The summed E-state index contributed by atoms with van der Waals surface area (Å²) in [5.74, 6) is 0.00994. The van der Waals surface area contributed by atoms with E-state index < -0.39 is 22.5 Å². The normalized spacial score (nSPS) is 11.4. The highest BCUT2D eigenvalue weighted by molar-refractivity contribution is 7.92. The Balaban J connectivity index is 1.83. The fourth-order valence-electron chi connectivity index (χ4n) is 2.92. The van der Waals surface area contributed by atoms with Crippen molar-refractivity contribution in [3.8, 4) is 5.75 Å². The molecule has 3 aromatic rings. The van der Waals surface area contributed by atoms with E-state index in [4.69, 9.17) is 16.3 Å². The molecular weight excluding hydrogens is 462 g/mol. The number of nitrogens with one attached hydrogen (secondary N) is 1. The van der Waals surface area contributed by atoms with Crippen LogP contribution < -0.4 is 14.5 Å². The average molecular weight is 486 g/mol. The van der Waals surface area contributed by atoms with Crippen molar-refractivity contribution in [3.05, 3.63) is 88.9 Å². The quantitative estimate of drug-likeness (QED) is 0.359. The van der Waals surface area contributed by atoms with Gasteiger partial charge in [-0.1, -0.05) is 41.4 Å². The molecule has 0 spiro atoms. The molecule has 0 unspecified atom stereocenters. The zero-order valence-electron chi connectivity index (χ0n) is 18.2. The Hall–Kier alpha value is -3.36. The minimum absolute atomic E-state index is 0.0828. The Morgan fingerprint density at radius 2 is 1.67 bits per heavy atom. The summed E-state index contributed by atoms with van der Waals surface area (Å²) in [7, 11) is -4.01. The van der Waals surface area contributed by atoms with Crippen molar-refractivity contribution in [2.45, 2.75) is 18.7 Å². The second-order valence-corrected chi connectivity index (χ2v) is 9.40. The van der Waals surface area contributed by atoms with Gasteiger partial charge in [-0.05, 0) is 67.9 Å². The van der Waals surface area contributed by atoms with E-state index in [0.29, 0.717) is 23.1 Å². The molecule has 1 N–H and O–H groups in total. The van der Waals surface area contributed by atoms with Gasteiger partial charge in [-0.15, -0.1) is 0 Å². The highest BCUT2D eigenvalue weighted by atomic mass is 35.5. The van der Waals surface area contributed by atoms with Crippen LogP contribution in [0.4, 0.5) is 5.69 Å². The van der Waals surface area contributed by atoms with Gasteiger partial charge in [0, 0.05) is 5.02 Å². The number of amides is 1. The van der Waals surface area contributed by atoms with Gasteiger partial charge in [0.2, 0.25) is 0 Å². The average Bonchev–Trinajstić information content (AvgIpc) is 2.80. The third kappa shape index (κ3) is 6.57. The van der Waals surface area contributed by atoms with E-state index >= 15 is 0 Å². The number of hydrazone groups is 1. The second kappa shape index (κ2) is 11.0. The van der Waals surface area contributed by atoms with Crippen LogP contribution in [0.5, 0.6) is 5.75 Å². The van der Waals surface area contributed by atoms with Gasteiger partial charge >= 0.3 is 0 Å². The summed E-state index contributed by atoms with van der Waals surface area (Å²) in [4.78, 5) is 12.7. The Morgan fingerprint density at radius 3 is 2.27 bits per heavy atom. The molecule has 1 amide bonds. The predicted molar refractivity (Wildman–Crippen MR) is 131 cm³/mol. The molecule has 0 aliphatic carbocycles. The van der Waals surface area contributed by atoms with Crippen molar-refractivity contribution in [1.82, 2.24) is 5.43 Å². The summed E-state index contributed by atoms with van der Waals surface area (Å²) in [6, 6.07) is 19.9. The SMILES string of the molecule is CCOc1ccc(N(CC(=O)N/N=C\c2ccc(Cl)cc2)S(=O)(=O)c2ccc(C)cc2)cc1. The zero-order chi connectivity index (χ0) is 23.8. The number of hydrogen-bond donors (Lipinski definition) is 1. The van der Waals surface area contributed by atoms with E-state index in [0.717, 1.165) is 15.4 Å². The van der Waals surface area contributed by atoms with Crippen LogP contribution in [0.15, 0.2) is 82.8 Å². The number of halogens is 1. The van der Waals surface area contributed by atoms with E-state index in [2.05, 4.69) is 10.5 Å². The minimum Gasteiger partial charge on any atom is -0.494 e. The third-order valence-electron chi connectivity index (χ3n) is 4.60. The monoisotopic (exact) mass is 485 g/mol. The molecule has 0 heterocycles. The lowest BCUT2D eigenvalue weighted by atomic mass is 10.2. The van der Waals surface area contributed by atoms with Crippen molar-refractivity contribution in [3.63, 3.8) is 0 Å². The molecule has 0 saturated carbocycles. The van der Waals surface area contributed by atoms with Crippen LogP contribution >= 0.6 is 11.6 Å². The van der Waals surface area contributed by atoms with Crippen molar-refractivity contribution < 1.29 is 17.9 Å². The lowest BCUT2D eigenvalue weighted by molar-refractivity contribution is -0.119. The molecule has 172 valence electrons. The molecule has 0 aliphatic heterocycles. The van der Waals surface area contributed by atoms with Crippen LogP contribution in [0.3, 0.4) is 0 Å². The number of anilines is 1. The van der Waals surface area contributed by atoms with Crippen molar-refractivity contribution in [1.29, 1.82) is 0 Å². The topological polar surface area (TPSA) is 88.1 Å². The van der Waals surface area contributed by atoms with Gasteiger partial charge < -0.3 is 4.74 Å². The van der Waals surface area contributed by atoms with Crippen LogP contribution in [-0.4, -0.2) is 33.7 Å². The van der Waals surface area contributed by atoms with Gasteiger partial charge in [0.05, 0.1) is 23.4 Å². The van der Waals surface area contributed by atoms with E-state index in [-0.39, 0.29) is 4.90 Å². The van der Waals surface area contributed by atoms with Crippen LogP contribution in [0.25, 0.3) is 0 Å². The van der Waals surface area contributed by atoms with E-state index in [9.17, 15) is 13.2 Å². The smallest absolute Gasteiger partial charge is 0.264 e. The number of benzene rings is 3. The first-order chi connectivity index (χ1) is 15.8. The van der Waals surface area contributed by atoms with Gasteiger partial charge in [0.1, 0.15) is 12.3 Å². The number of nitrogens with zero attached hydrogens (tertiary/aromatic N) is 2. The molecule has 33 heavy (non-hydrogen) atoms. The number of ether oxygens (including phenoxy) is 1. The molecule has 0 bridgehead atoms. The largest absolute Gasteiger partial charge is 0.494 e. The van der Waals surface area contributed by atoms with E-state index in [1.54, 1.807) is 60.7 Å². The summed E-state index contributed by atoms with van der Waals surface area (Å²) < 4.78 is 33.2. The summed E-state index contributed by atoms with van der Waals surface area (Å²) >= 11 is 5.86. The number of hydrogen-bond acceptors (Lipinski definition) is 5. The maximum Gasteiger partial charge on any atom is 0.264 e. The van der Waals surface area contributed by atoms with Crippen LogP contribution in [-0.2, 0) is 14.8 Å². The number of sulfonamides is 1. The lowest BCUT2D eigenvalue weighted by Crippen LogP contribution is -2.39. The fourth-order valence-corrected chi connectivity index (χ4v) is 4.47. The molecule has 0 aliphatic rings. The maximum absolute atomic E-state index is 13.4. The molecule has 3 rings (SSSR count). The molecule has 0 radical (unpaired) electrons. The third-order valence-corrected chi connectivity index (χ3v) is 6.64. The van der Waals surface area contributed by atoms with E-state index in [1.807, 2.05) is 13.8 Å². The van der Waals surface area contributed by atoms with Gasteiger partial charge in [-0.3, -0.25) is 9.10 Å². The first-order valence-electron chi connectivity index (χ1n) is 10.2. The van der Waals surface area contributed by atoms with Crippen molar-refractivity contribution >= 4 is 39.4 Å². The molecule has 9 heteroatoms. The van der Waals surface area contributed by atoms with Crippen LogP contribution in [0, 0.1) is 6.92 Å². The maximum atomic E-state index is 13.4. The highest BCUT2D eigenvalue weighted by Crippen LogP contribution is 2.26. The Kier molecular flexibility index (Phi) is 8.08. The summed E-state index contributed by atoms with van der Waals surface area (Å²) in [6.07, 6.45) is 1.45. The Bertz CT molecular complexity index is 1210. The van der Waals surface area contributed by atoms with Crippen LogP contribution in [0.1, 0.15) is 18.1 Å². The van der Waals surface area contributed by atoms with Crippen molar-refractivity contribution in [2.24, 2.45) is 5.10 Å². The second-order valence-electron chi connectivity index (χ2n) is 7.10. The number of rotatable bonds is 9. The molecule has 0 atom stereocenters. The highest BCUT2D eigenvalue weighted by Gasteiger charge is 2.27. The zero-order valence-corrected chi connectivity index (χ0v) is 19.8.